The molecule has 112 valence electrons. The van der Waals surface area contributed by atoms with Gasteiger partial charge < -0.3 is 9.64 Å². The molecule has 0 saturated heterocycles. The van der Waals surface area contributed by atoms with Gasteiger partial charge in [0, 0.05) is 24.9 Å². The highest BCUT2D eigenvalue weighted by Gasteiger charge is 2.12. The Kier molecular flexibility index (Phi) is 5.01. The van der Waals surface area contributed by atoms with Crippen LogP contribution in [0.5, 0.6) is 5.75 Å². The summed E-state index contributed by atoms with van der Waals surface area (Å²) >= 11 is 1.51. The standard InChI is InChI=1S/C15H20N4OS/c1-10(2)13-16-14(19(3)4)18-15(17-13)21-12-8-6-7-11(9-12)20-5/h6-10H,1-5H3. The van der Waals surface area contributed by atoms with Crippen molar-refractivity contribution in [2.24, 2.45) is 0 Å². The molecule has 0 fully saturated rings. The maximum atomic E-state index is 5.24. The lowest BCUT2D eigenvalue weighted by Gasteiger charge is -2.14. The Morgan fingerprint density at radius 3 is 2.52 bits per heavy atom. The third-order valence-corrected chi connectivity index (χ3v) is 3.64. The molecule has 0 spiro atoms. The summed E-state index contributed by atoms with van der Waals surface area (Å²) in [5, 5.41) is 0.700. The minimum atomic E-state index is 0.261. The van der Waals surface area contributed by atoms with E-state index in [2.05, 4.69) is 28.8 Å². The zero-order valence-corrected chi connectivity index (χ0v) is 13.8. The summed E-state index contributed by atoms with van der Waals surface area (Å²) in [5.74, 6) is 2.57. The molecule has 0 aliphatic rings. The number of benzene rings is 1. The fourth-order valence-corrected chi connectivity index (χ4v) is 2.43. The largest absolute Gasteiger partial charge is 0.497 e. The van der Waals surface area contributed by atoms with Gasteiger partial charge in [-0.05, 0) is 30.0 Å². The van der Waals surface area contributed by atoms with Gasteiger partial charge in [0.2, 0.25) is 5.95 Å². The second-order valence-electron chi connectivity index (χ2n) is 5.11. The molecule has 6 heteroatoms. The van der Waals surface area contributed by atoms with Crippen LogP contribution in [0.25, 0.3) is 0 Å². The van der Waals surface area contributed by atoms with Crippen molar-refractivity contribution < 1.29 is 4.74 Å². The van der Waals surface area contributed by atoms with E-state index < -0.39 is 0 Å². The van der Waals surface area contributed by atoms with E-state index in [1.165, 1.54) is 11.8 Å². The second-order valence-corrected chi connectivity index (χ2v) is 6.15. The number of methoxy groups -OCH3 is 1. The highest BCUT2D eigenvalue weighted by molar-refractivity contribution is 7.99. The predicted molar refractivity (Wildman–Crippen MR) is 85.4 cm³/mol. The topological polar surface area (TPSA) is 51.1 Å². The van der Waals surface area contributed by atoms with Gasteiger partial charge in [0.1, 0.15) is 11.6 Å². The van der Waals surface area contributed by atoms with E-state index in [-0.39, 0.29) is 5.92 Å². The molecule has 0 unspecified atom stereocenters. The van der Waals surface area contributed by atoms with Crippen molar-refractivity contribution in [2.75, 3.05) is 26.1 Å². The van der Waals surface area contributed by atoms with Gasteiger partial charge in [0.05, 0.1) is 7.11 Å². The van der Waals surface area contributed by atoms with Gasteiger partial charge in [-0.15, -0.1) is 0 Å². The van der Waals surface area contributed by atoms with E-state index in [4.69, 9.17) is 4.74 Å². The van der Waals surface area contributed by atoms with Crippen LogP contribution in [0.3, 0.4) is 0 Å². The van der Waals surface area contributed by atoms with Crippen LogP contribution in [0.15, 0.2) is 34.3 Å². The van der Waals surface area contributed by atoms with E-state index >= 15 is 0 Å². The van der Waals surface area contributed by atoms with Crippen LogP contribution in [-0.4, -0.2) is 36.2 Å². The molecule has 1 aromatic heterocycles. The Morgan fingerprint density at radius 2 is 1.90 bits per heavy atom. The summed E-state index contributed by atoms with van der Waals surface area (Å²) in [6.07, 6.45) is 0. The van der Waals surface area contributed by atoms with Crippen molar-refractivity contribution >= 4 is 17.7 Å². The summed E-state index contributed by atoms with van der Waals surface area (Å²) in [4.78, 5) is 16.4. The number of hydrogen-bond donors (Lipinski definition) is 0. The maximum Gasteiger partial charge on any atom is 0.229 e. The molecular formula is C15H20N4OS. The number of anilines is 1. The van der Waals surface area contributed by atoms with E-state index in [1.807, 2.05) is 43.3 Å². The minimum Gasteiger partial charge on any atom is -0.497 e. The Morgan fingerprint density at radius 1 is 1.14 bits per heavy atom. The van der Waals surface area contributed by atoms with Gasteiger partial charge in [0.15, 0.2) is 5.16 Å². The molecule has 1 aromatic carbocycles. The zero-order valence-electron chi connectivity index (χ0n) is 13.0. The van der Waals surface area contributed by atoms with Crippen LogP contribution in [0.2, 0.25) is 0 Å². The molecular weight excluding hydrogens is 284 g/mol. The van der Waals surface area contributed by atoms with Crippen LogP contribution in [-0.2, 0) is 0 Å². The molecule has 0 aliphatic heterocycles. The monoisotopic (exact) mass is 304 g/mol. The molecule has 5 nitrogen and oxygen atoms in total. The van der Waals surface area contributed by atoms with Crippen LogP contribution in [0.4, 0.5) is 5.95 Å². The average molecular weight is 304 g/mol. The van der Waals surface area contributed by atoms with Crippen molar-refractivity contribution in [1.29, 1.82) is 0 Å². The van der Waals surface area contributed by atoms with Crippen molar-refractivity contribution in [3.8, 4) is 5.75 Å². The van der Waals surface area contributed by atoms with Crippen LogP contribution < -0.4 is 9.64 Å². The van der Waals surface area contributed by atoms with Gasteiger partial charge in [-0.3, -0.25) is 0 Å². The number of aromatic nitrogens is 3. The SMILES string of the molecule is COc1cccc(Sc2nc(C(C)C)nc(N(C)C)n2)c1. The first-order valence-corrected chi connectivity index (χ1v) is 7.56. The quantitative estimate of drug-likeness (QED) is 0.845. The van der Waals surface area contributed by atoms with Crippen molar-refractivity contribution in [3.63, 3.8) is 0 Å². The average Bonchev–Trinajstić information content (AvgIpc) is 2.47. The third-order valence-electron chi connectivity index (χ3n) is 2.79. The Bertz CT molecular complexity index is 590. The number of nitrogens with zero attached hydrogens (tertiary/aromatic N) is 4. The lowest BCUT2D eigenvalue weighted by atomic mass is 10.2. The highest BCUT2D eigenvalue weighted by atomic mass is 32.2. The first-order chi connectivity index (χ1) is 9.99. The number of rotatable bonds is 5. The molecule has 1 heterocycles. The molecule has 21 heavy (non-hydrogen) atoms. The van der Waals surface area contributed by atoms with Crippen molar-refractivity contribution in [1.82, 2.24) is 15.0 Å². The van der Waals surface area contributed by atoms with Crippen LogP contribution >= 0.6 is 11.8 Å². The molecule has 2 aromatic rings. The Hall–Kier alpha value is -1.82. The van der Waals surface area contributed by atoms with Gasteiger partial charge in [-0.2, -0.15) is 9.97 Å². The van der Waals surface area contributed by atoms with E-state index in [9.17, 15) is 0 Å². The summed E-state index contributed by atoms with van der Waals surface area (Å²) in [6.45, 7) is 4.16. The lowest BCUT2D eigenvalue weighted by molar-refractivity contribution is 0.413. The van der Waals surface area contributed by atoms with Gasteiger partial charge in [0.25, 0.3) is 0 Å². The molecule has 0 N–H and O–H groups in total. The zero-order chi connectivity index (χ0) is 15.4. The Labute approximate surface area is 129 Å². The highest BCUT2D eigenvalue weighted by Crippen LogP contribution is 2.29. The molecule has 0 atom stereocenters. The smallest absolute Gasteiger partial charge is 0.229 e. The first kappa shape index (κ1) is 15.6. The maximum absolute atomic E-state index is 5.24. The summed E-state index contributed by atoms with van der Waals surface area (Å²) in [5.41, 5.74) is 0. The lowest BCUT2D eigenvalue weighted by Crippen LogP contribution is -2.15. The molecule has 2 rings (SSSR count). The molecule has 0 saturated carbocycles. The van der Waals surface area contributed by atoms with E-state index in [0.29, 0.717) is 11.1 Å². The van der Waals surface area contributed by atoms with Crippen molar-refractivity contribution in [2.45, 2.75) is 29.8 Å². The van der Waals surface area contributed by atoms with Crippen LogP contribution in [0, 0.1) is 0 Å². The van der Waals surface area contributed by atoms with Gasteiger partial charge in [-0.25, -0.2) is 4.98 Å². The molecule has 0 radical (unpaired) electrons. The van der Waals surface area contributed by atoms with Gasteiger partial charge in [-0.1, -0.05) is 19.9 Å². The van der Waals surface area contributed by atoms with Crippen molar-refractivity contribution in [3.05, 3.63) is 30.1 Å². The second kappa shape index (κ2) is 6.76. The molecule has 0 amide bonds. The molecule has 0 aliphatic carbocycles. The van der Waals surface area contributed by atoms with E-state index in [0.717, 1.165) is 16.5 Å². The summed E-state index contributed by atoms with van der Waals surface area (Å²) < 4.78 is 5.24. The fraction of sp³-hybridized carbons (Fsp3) is 0.400. The fourth-order valence-electron chi connectivity index (χ4n) is 1.63. The number of ether oxygens (including phenoxy) is 1. The first-order valence-electron chi connectivity index (χ1n) is 6.75. The predicted octanol–water partition coefficient (Wildman–Crippen LogP) is 3.22. The molecule has 0 bridgehead atoms. The summed E-state index contributed by atoms with van der Waals surface area (Å²) in [7, 11) is 5.52. The Balaban J connectivity index is 2.33. The number of hydrogen-bond acceptors (Lipinski definition) is 6. The van der Waals surface area contributed by atoms with Crippen LogP contribution in [0.1, 0.15) is 25.6 Å². The minimum absolute atomic E-state index is 0.261. The van der Waals surface area contributed by atoms with E-state index in [1.54, 1.807) is 7.11 Å². The summed E-state index contributed by atoms with van der Waals surface area (Å²) in [6, 6.07) is 7.86. The normalized spacial score (nSPS) is 10.8. The third kappa shape index (κ3) is 4.07. The van der Waals surface area contributed by atoms with Gasteiger partial charge >= 0.3 is 0 Å².